The second-order valence-corrected chi connectivity index (χ2v) is 6.29. The minimum absolute atomic E-state index is 0.109. The summed E-state index contributed by atoms with van der Waals surface area (Å²) in [5, 5.41) is 3.59. The Morgan fingerprint density at radius 1 is 1.16 bits per heavy atom. The highest BCUT2D eigenvalue weighted by Gasteiger charge is 2.40. The van der Waals surface area contributed by atoms with E-state index in [1.54, 1.807) is 12.1 Å². The van der Waals surface area contributed by atoms with Crippen LogP contribution in [0.25, 0.3) is 0 Å². The van der Waals surface area contributed by atoms with Gasteiger partial charge in [0.05, 0.1) is 10.0 Å². The van der Waals surface area contributed by atoms with Crippen LogP contribution in [0.5, 0.6) is 0 Å². The van der Waals surface area contributed by atoms with Crippen LogP contribution in [-0.2, 0) is 0 Å². The molecule has 0 amide bonds. The van der Waals surface area contributed by atoms with Crippen molar-refractivity contribution in [3.63, 3.8) is 0 Å². The lowest BCUT2D eigenvalue weighted by Crippen LogP contribution is -2.48. The van der Waals surface area contributed by atoms with E-state index < -0.39 is 5.82 Å². The molecule has 0 aliphatic carbocycles. The first-order valence-corrected chi connectivity index (χ1v) is 7.46. The van der Waals surface area contributed by atoms with Crippen molar-refractivity contribution in [1.82, 2.24) is 5.32 Å². The van der Waals surface area contributed by atoms with E-state index in [0.717, 1.165) is 18.5 Å². The largest absolute Gasteiger partial charge is 0.365 e. The molecule has 2 heterocycles. The summed E-state index contributed by atoms with van der Waals surface area (Å²) in [7, 11) is 2.02. The summed E-state index contributed by atoms with van der Waals surface area (Å²) in [5.41, 5.74) is 0.957. The van der Waals surface area contributed by atoms with Crippen molar-refractivity contribution in [1.29, 1.82) is 0 Å². The highest BCUT2D eigenvalue weighted by molar-refractivity contribution is 6.35. The fraction of sp³-hybridized carbons (Fsp3) is 0.571. The molecule has 1 aromatic rings. The van der Waals surface area contributed by atoms with Gasteiger partial charge in [0.2, 0.25) is 0 Å². The number of hydrogen-bond donors (Lipinski definition) is 1. The SMILES string of the molecule is CNC1CC2CCC(C1)N2c1cc(Cl)c(F)c(Cl)c1. The third kappa shape index (κ3) is 2.32. The van der Waals surface area contributed by atoms with E-state index in [1.165, 1.54) is 12.8 Å². The normalized spacial score (nSPS) is 29.9. The molecule has 3 rings (SSSR count). The lowest BCUT2D eigenvalue weighted by atomic mass is 9.97. The molecule has 1 aromatic carbocycles. The first-order chi connectivity index (χ1) is 9.10. The first kappa shape index (κ1) is 13.5. The van der Waals surface area contributed by atoms with Crippen LogP contribution in [0, 0.1) is 5.82 Å². The molecule has 2 saturated heterocycles. The average molecular weight is 303 g/mol. The minimum atomic E-state index is -0.524. The van der Waals surface area contributed by atoms with Gasteiger partial charge in [-0.25, -0.2) is 4.39 Å². The molecule has 2 bridgehead atoms. The molecule has 1 N–H and O–H groups in total. The number of benzene rings is 1. The lowest BCUT2D eigenvalue weighted by molar-refractivity contribution is 0.373. The molecule has 2 unspecified atom stereocenters. The van der Waals surface area contributed by atoms with Gasteiger partial charge in [-0.1, -0.05) is 23.2 Å². The summed E-state index contributed by atoms with van der Waals surface area (Å²) < 4.78 is 13.5. The summed E-state index contributed by atoms with van der Waals surface area (Å²) in [5.74, 6) is -0.524. The number of halogens is 3. The zero-order valence-electron chi connectivity index (χ0n) is 10.8. The van der Waals surface area contributed by atoms with E-state index in [1.807, 2.05) is 7.05 Å². The standard InChI is InChI=1S/C14H17Cl2FN2/c1-18-8-4-9-2-3-10(5-8)19(9)11-6-12(15)14(17)13(16)7-11/h6-10,18H,2-5H2,1H3. The predicted molar refractivity (Wildman–Crippen MR) is 77.8 cm³/mol. The Labute approximate surface area is 122 Å². The third-order valence-electron chi connectivity index (χ3n) is 4.41. The molecular weight excluding hydrogens is 286 g/mol. The highest BCUT2D eigenvalue weighted by atomic mass is 35.5. The van der Waals surface area contributed by atoms with Gasteiger partial charge in [0.15, 0.2) is 5.82 Å². The molecular formula is C14H17Cl2FN2. The smallest absolute Gasteiger partial charge is 0.160 e. The topological polar surface area (TPSA) is 15.3 Å². The van der Waals surface area contributed by atoms with E-state index in [9.17, 15) is 4.39 Å². The monoisotopic (exact) mass is 302 g/mol. The Hall–Kier alpha value is -0.510. The maximum Gasteiger partial charge on any atom is 0.160 e. The van der Waals surface area contributed by atoms with Gasteiger partial charge in [-0.3, -0.25) is 0 Å². The Morgan fingerprint density at radius 2 is 1.68 bits per heavy atom. The van der Waals surface area contributed by atoms with Gasteiger partial charge >= 0.3 is 0 Å². The van der Waals surface area contributed by atoms with E-state index >= 15 is 0 Å². The van der Waals surface area contributed by atoms with Crippen molar-refractivity contribution in [2.75, 3.05) is 11.9 Å². The van der Waals surface area contributed by atoms with Crippen molar-refractivity contribution in [3.8, 4) is 0 Å². The van der Waals surface area contributed by atoms with Crippen LogP contribution in [0.4, 0.5) is 10.1 Å². The molecule has 5 heteroatoms. The Bertz CT molecular complexity index is 457. The first-order valence-electron chi connectivity index (χ1n) is 6.70. The molecule has 0 radical (unpaired) electrons. The second-order valence-electron chi connectivity index (χ2n) is 5.47. The molecule has 2 aliphatic rings. The van der Waals surface area contributed by atoms with Gasteiger partial charge < -0.3 is 10.2 Å². The van der Waals surface area contributed by atoms with Crippen LogP contribution < -0.4 is 10.2 Å². The molecule has 2 nitrogen and oxygen atoms in total. The van der Waals surface area contributed by atoms with Crippen molar-refractivity contribution < 1.29 is 4.39 Å². The maximum absolute atomic E-state index is 13.5. The van der Waals surface area contributed by atoms with Crippen molar-refractivity contribution in [2.24, 2.45) is 0 Å². The van der Waals surface area contributed by atoms with Crippen LogP contribution >= 0.6 is 23.2 Å². The van der Waals surface area contributed by atoms with Crippen molar-refractivity contribution in [2.45, 2.75) is 43.8 Å². The minimum Gasteiger partial charge on any atom is -0.365 e. The number of rotatable bonds is 2. The summed E-state index contributed by atoms with van der Waals surface area (Å²) in [6.07, 6.45) is 4.63. The number of piperidine rings is 1. The van der Waals surface area contributed by atoms with Gasteiger partial charge in [-0.15, -0.1) is 0 Å². The molecule has 0 aromatic heterocycles. The Kier molecular flexibility index (Phi) is 3.63. The quantitative estimate of drug-likeness (QED) is 0.835. The van der Waals surface area contributed by atoms with Crippen LogP contribution in [0.15, 0.2) is 12.1 Å². The fourth-order valence-electron chi connectivity index (χ4n) is 3.53. The third-order valence-corrected chi connectivity index (χ3v) is 4.96. The number of nitrogens with zero attached hydrogens (tertiary/aromatic N) is 1. The van der Waals surface area contributed by atoms with Gasteiger partial charge in [-0.05, 0) is 44.9 Å². The lowest BCUT2D eigenvalue weighted by Gasteiger charge is -2.40. The van der Waals surface area contributed by atoms with Crippen molar-refractivity contribution in [3.05, 3.63) is 28.0 Å². The maximum atomic E-state index is 13.5. The zero-order chi connectivity index (χ0) is 13.6. The summed E-state index contributed by atoms with van der Waals surface area (Å²) in [6, 6.07) is 5.00. The number of fused-ring (bicyclic) bond motifs is 2. The molecule has 0 saturated carbocycles. The van der Waals surface area contributed by atoms with Gasteiger partial charge in [0.1, 0.15) is 0 Å². The summed E-state index contributed by atoms with van der Waals surface area (Å²) in [4.78, 5) is 2.38. The van der Waals surface area contributed by atoms with Crippen LogP contribution in [0.3, 0.4) is 0 Å². The van der Waals surface area contributed by atoms with Crippen LogP contribution in [-0.4, -0.2) is 25.2 Å². The summed E-state index contributed by atoms with van der Waals surface area (Å²) in [6.45, 7) is 0. The average Bonchev–Trinajstić information content (AvgIpc) is 2.66. The Morgan fingerprint density at radius 3 is 2.16 bits per heavy atom. The molecule has 19 heavy (non-hydrogen) atoms. The van der Waals surface area contributed by atoms with Gasteiger partial charge in [0.25, 0.3) is 0 Å². The van der Waals surface area contributed by atoms with Gasteiger partial charge in [-0.2, -0.15) is 0 Å². The Balaban J connectivity index is 1.91. The fourth-order valence-corrected chi connectivity index (χ4v) is 4.00. The number of hydrogen-bond acceptors (Lipinski definition) is 2. The van der Waals surface area contributed by atoms with E-state index in [0.29, 0.717) is 18.1 Å². The second kappa shape index (κ2) is 5.12. The zero-order valence-corrected chi connectivity index (χ0v) is 12.3. The van der Waals surface area contributed by atoms with E-state index in [4.69, 9.17) is 23.2 Å². The highest BCUT2D eigenvalue weighted by Crippen LogP contribution is 2.41. The molecule has 104 valence electrons. The molecule has 2 atom stereocenters. The van der Waals surface area contributed by atoms with Crippen molar-refractivity contribution >= 4 is 28.9 Å². The molecule has 0 spiro atoms. The number of nitrogens with one attached hydrogen (secondary N) is 1. The summed E-state index contributed by atoms with van der Waals surface area (Å²) >= 11 is 11.8. The van der Waals surface area contributed by atoms with Crippen LogP contribution in [0.2, 0.25) is 10.0 Å². The van der Waals surface area contributed by atoms with E-state index in [2.05, 4.69) is 10.2 Å². The molecule has 2 fully saturated rings. The van der Waals surface area contributed by atoms with Gasteiger partial charge in [0, 0.05) is 23.8 Å². The van der Waals surface area contributed by atoms with E-state index in [-0.39, 0.29) is 10.0 Å². The van der Waals surface area contributed by atoms with Crippen LogP contribution in [0.1, 0.15) is 25.7 Å². The number of anilines is 1. The molecule has 2 aliphatic heterocycles. The predicted octanol–water partition coefficient (Wildman–Crippen LogP) is 3.85.